The predicted molar refractivity (Wildman–Crippen MR) is 90.4 cm³/mol. The Bertz CT molecular complexity index is 732. The third-order valence-corrected chi connectivity index (χ3v) is 3.86. The predicted octanol–water partition coefficient (Wildman–Crippen LogP) is 2.86. The molecule has 6 nitrogen and oxygen atoms in total. The Labute approximate surface area is 135 Å². The Morgan fingerprint density at radius 2 is 1.91 bits per heavy atom. The lowest BCUT2D eigenvalue weighted by molar-refractivity contribution is 0.153. The van der Waals surface area contributed by atoms with E-state index in [9.17, 15) is 9.59 Å². The molecule has 0 spiro atoms. The van der Waals surface area contributed by atoms with Crippen molar-refractivity contribution in [3.05, 3.63) is 46.4 Å². The standard InChI is InChI=1S/C17H23N3O3/c1-5-6-12-23-17(22)18(3)15-13(2)19(4)20(16(15)21)14-10-8-7-9-11-14/h7-11H,5-6,12H2,1-4H3. The molecule has 1 aromatic heterocycles. The molecule has 23 heavy (non-hydrogen) atoms. The van der Waals surface area contributed by atoms with Crippen LogP contribution in [-0.4, -0.2) is 29.1 Å². The second-order valence-corrected chi connectivity index (χ2v) is 5.44. The summed E-state index contributed by atoms with van der Waals surface area (Å²) in [5, 5.41) is 0. The van der Waals surface area contributed by atoms with Crippen LogP contribution in [-0.2, 0) is 11.8 Å². The van der Waals surface area contributed by atoms with E-state index in [-0.39, 0.29) is 5.56 Å². The summed E-state index contributed by atoms with van der Waals surface area (Å²) in [6.07, 6.45) is 1.24. The fourth-order valence-corrected chi connectivity index (χ4v) is 2.43. The molecule has 0 N–H and O–H groups in total. The molecular formula is C17H23N3O3. The van der Waals surface area contributed by atoms with Gasteiger partial charge in [-0.2, -0.15) is 0 Å². The summed E-state index contributed by atoms with van der Waals surface area (Å²) < 4.78 is 8.47. The first-order valence-electron chi connectivity index (χ1n) is 7.73. The number of benzene rings is 1. The number of ether oxygens (including phenoxy) is 1. The number of rotatable bonds is 5. The molecular weight excluding hydrogens is 294 g/mol. The maximum absolute atomic E-state index is 12.8. The van der Waals surface area contributed by atoms with Gasteiger partial charge in [0.25, 0.3) is 5.56 Å². The molecule has 0 radical (unpaired) electrons. The van der Waals surface area contributed by atoms with Gasteiger partial charge in [0.15, 0.2) is 0 Å². The lowest BCUT2D eigenvalue weighted by atomic mass is 10.3. The molecule has 1 aromatic carbocycles. The van der Waals surface area contributed by atoms with Gasteiger partial charge in [-0.15, -0.1) is 0 Å². The summed E-state index contributed by atoms with van der Waals surface area (Å²) in [5.41, 5.74) is 1.54. The van der Waals surface area contributed by atoms with Gasteiger partial charge >= 0.3 is 6.09 Å². The van der Waals surface area contributed by atoms with E-state index in [1.807, 2.05) is 44.2 Å². The Morgan fingerprint density at radius 1 is 1.26 bits per heavy atom. The van der Waals surface area contributed by atoms with Gasteiger partial charge in [-0.25, -0.2) is 9.48 Å². The van der Waals surface area contributed by atoms with Crippen molar-refractivity contribution in [2.75, 3.05) is 18.6 Å². The van der Waals surface area contributed by atoms with Crippen molar-refractivity contribution in [1.82, 2.24) is 9.36 Å². The molecule has 0 aliphatic rings. The molecule has 0 unspecified atom stereocenters. The van der Waals surface area contributed by atoms with E-state index in [2.05, 4.69) is 0 Å². The first-order chi connectivity index (χ1) is 11.0. The maximum atomic E-state index is 12.8. The fraction of sp³-hybridized carbons (Fsp3) is 0.412. The molecule has 0 fully saturated rings. The molecule has 6 heteroatoms. The van der Waals surface area contributed by atoms with Crippen LogP contribution in [0.2, 0.25) is 0 Å². The van der Waals surface area contributed by atoms with Gasteiger partial charge < -0.3 is 4.74 Å². The van der Waals surface area contributed by atoms with Crippen LogP contribution in [0.1, 0.15) is 25.5 Å². The number of aromatic nitrogens is 2. The molecule has 0 aliphatic heterocycles. The van der Waals surface area contributed by atoms with Gasteiger partial charge in [0.05, 0.1) is 18.0 Å². The summed E-state index contributed by atoms with van der Waals surface area (Å²) >= 11 is 0. The minimum Gasteiger partial charge on any atom is -0.449 e. The monoisotopic (exact) mass is 317 g/mol. The van der Waals surface area contributed by atoms with Crippen molar-refractivity contribution < 1.29 is 9.53 Å². The second-order valence-electron chi connectivity index (χ2n) is 5.44. The van der Waals surface area contributed by atoms with Crippen molar-refractivity contribution in [1.29, 1.82) is 0 Å². The van der Waals surface area contributed by atoms with Crippen LogP contribution in [0.5, 0.6) is 0 Å². The Balaban J connectivity index is 2.37. The summed E-state index contributed by atoms with van der Waals surface area (Å²) in [6.45, 7) is 4.20. The number of para-hydroxylation sites is 1. The zero-order valence-electron chi connectivity index (χ0n) is 14.1. The largest absolute Gasteiger partial charge is 0.449 e. The van der Waals surface area contributed by atoms with E-state index < -0.39 is 6.09 Å². The first-order valence-corrected chi connectivity index (χ1v) is 7.73. The van der Waals surface area contributed by atoms with Crippen LogP contribution in [0.4, 0.5) is 10.5 Å². The summed E-state index contributed by atoms with van der Waals surface area (Å²) in [5.74, 6) is 0. The van der Waals surface area contributed by atoms with Gasteiger partial charge in [0.1, 0.15) is 5.69 Å². The number of carbonyl (C=O) groups is 1. The topological polar surface area (TPSA) is 56.5 Å². The van der Waals surface area contributed by atoms with Crippen molar-refractivity contribution >= 4 is 11.8 Å². The van der Waals surface area contributed by atoms with Crippen LogP contribution in [0.15, 0.2) is 35.1 Å². The SMILES string of the molecule is CCCCOC(=O)N(C)c1c(C)n(C)n(-c2ccccc2)c1=O. The van der Waals surface area contributed by atoms with E-state index >= 15 is 0 Å². The summed E-state index contributed by atoms with van der Waals surface area (Å²) in [6, 6.07) is 9.33. The molecule has 0 saturated carbocycles. The van der Waals surface area contributed by atoms with Gasteiger partial charge in [0, 0.05) is 14.1 Å². The number of unbranched alkanes of at least 4 members (excludes halogenated alkanes) is 1. The molecule has 2 aromatic rings. The highest BCUT2D eigenvalue weighted by molar-refractivity contribution is 5.87. The number of anilines is 1. The van der Waals surface area contributed by atoms with Crippen molar-refractivity contribution in [3.8, 4) is 5.69 Å². The molecule has 124 valence electrons. The molecule has 2 rings (SSSR count). The molecule has 0 saturated heterocycles. The van der Waals surface area contributed by atoms with Crippen LogP contribution in [0.3, 0.4) is 0 Å². The Hall–Kier alpha value is -2.50. The quantitative estimate of drug-likeness (QED) is 0.797. The van der Waals surface area contributed by atoms with Crippen LogP contribution >= 0.6 is 0 Å². The lowest BCUT2D eigenvalue weighted by Crippen LogP contribution is -2.32. The van der Waals surface area contributed by atoms with Crippen LogP contribution < -0.4 is 10.5 Å². The average molecular weight is 317 g/mol. The van der Waals surface area contributed by atoms with Gasteiger partial charge in [-0.05, 0) is 25.5 Å². The maximum Gasteiger partial charge on any atom is 0.414 e. The number of hydrogen-bond donors (Lipinski definition) is 0. The van der Waals surface area contributed by atoms with Crippen molar-refractivity contribution in [2.24, 2.45) is 7.05 Å². The minimum atomic E-state index is -0.510. The molecule has 0 aliphatic carbocycles. The van der Waals surface area contributed by atoms with Crippen LogP contribution in [0, 0.1) is 6.92 Å². The highest BCUT2D eigenvalue weighted by Gasteiger charge is 2.23. The summed E-state index contributed by atoms with van der Waals surface area (Å²) in [7, 11) is 3.36. The normalized spacial score (nSPS) is 10.6. The Kier molecular flexibility index (Phi) is 5.26. The molecule has 0 atom stereocenters. The van der Waals surface area contributed by atoms with Gasteiger partial charge in [-0.3, -0.25) is 14.4 Å². The fourth-order valence-electron chi connectivity index (χ4n) is 2.43. The highest BCUT2D eigenvalue weighted by atomic mass is 16.6. The number of amides is 1. The van der Waals surface area contributed by atoms with E-state index in [4.69, 9.17) is 4.74 Å². The van der Waals surface area contributed by atoms with E-state index in [1.54, 1.807) is 23.5 Å². The third-order valence-electron chi connectivity index (χ3n) is 3.86. The van der Waals surface area contributed by atoms with E-state index in [1.165, 1.54) is 4.90 Å². The second kappa shape index (κ2) is 7.17. The summed E-state index contributed by atoms with van der Waals surface area (Å²) in [4.78, 5) is 26.2. The number of carbonyl (C=O) groups excluding carboxylic acids is 1. The number of nitrogens with zero attached hydrogens (tertiary/aromatic N) is 3. The zero-order chi connectivity index (χ0) is 17.0. The van der Waals surface area contributed by atoms with Crippen molar-refractivity contribution in [3.63, 3.8) is 0 Å². The van der Waals surface area contributed by atoms with Crippen molar-refractivity contribution in [2.45, 2.75) is 26.7 Å². The van der Waals surface area contributed by atoms with Gasteiger partial charge in [0.2, 0.25) is 0 Å². The molecule has 1 amide bonds. The first kappa shape index (κ1) is 16.9. The lowest BCUT2D eigenvalue weighted by Gasteiger charge is -2.15. The average Bonchev–Trinajstić information content (AvgIpc) is 2.77. The van der Waals surface area contributed by atoms with Gasteiger partial charge in [-0.1, -0.05) is 31.5 Å². The highest BCUT2D eigenvalue weighted by Crippen LogP contribution is 2.17. The minimum absolute atomic E-state index is 0.244. The Morgan fingerprint density at radius 3 is 2.52 bits per heavy atom. The molecule has 0 bridgehead atoms. The van der Waals surface area contributed by atoms with Crippen LogP contribution in [0.25, 0.3) is 5.69 Å². The zero-order valence-corrected chi connectivity index (χ0v) is 14.1. The molecule has 1 heterocycles. The smallest absolute Gasteiger partial charge is 0.414 e. The van der Waals surface area contributed by atoms with E-state index in [0.717, 1.165) is 18.5 Å². The number of hydrogen-bond acceptors (Lipinski definition) is 3. The third kappa shape index (κ3) is 3.31. The van der Waals surface area contributed by atoms with E-state index in [0.29, 0.717) is 18.0 Å².